The van der Waals surface area contributed by atoms with E-state index < -0.39 is 13.4 Å². The second-order valence-corrected chi connectivity index (χ2v) is 17.9. The van der Waals surface area contributed by atoms with Crippen molar-refractivity contribution >= 4 is 35.3 Å². The first-order valence-corrected chi connectivity index (χ1v) is 15.8. The lowest BCUT2D eigenvalue weighted by atomic mass is 9.13. The van der Waals surface area contributed by atoms with Crippen LogP contribution in [0.25, 0.3) is 0 Å². The summed E-state index contributed by atoms with van der Waals surface area (Å²) in [5, 5.41) is 0.983. The molecule has 2 heteroatoms. The fourth-order valence-electron chi connectivity index (χ4n) is 5.13. The minimum Gasteiger partial charge on any atom is -0.195 e. The lowest BCUT2D eigenvalue weighted by Gasteiger charge is -2.44. The Labute approximate surface area is 221 Å². The van der Waals surface area contributed by atoms with Crippen molar-refractivity contribution in [2.75, 3.05) is 13.3 Å². The highest BCUT2D eigenvalue weighted by atomic mass is 31.2. The van der Waals surface area contributed by atoms with Gasteiger partial charge in [-0.1, -0.05) is 121 Å². The van der Waals surface area contributed by atoms with Crippen LogP contribution >= 0.6 is 7.26 Å². The molecule has 0 aromatic heterocycles. The Morgan fingerprint density at radius 1 is 0.389 bits per heavy atom. The summed E-state index contributed by atoms with van der Waals surface area (Å²) in [6.07, 6.45) is -1.22. The number of benzene rings is 4. The van der Waals surface area contributed by atoms with Crippen LogP contribution in [0.3, 0.4) is 0 Å². The summed E-state index contributed by atoms with van der Waals surface area (Å²) in [7, 11) is -0.810. The highest BCUT2D eigenvalue weighted by Crippen LogP contribution is 2.71. The molecule has 4 aromatic rings. The standard InChI is InChI=1S/C24H20B.C10H24P/c1-5-13-21(14-6-1)25(22-15-7-2-8-16-22,23-17-9-3-10-18-23)24-19-11-4-12-20-24;1-9(2,3)11(7,8)10(4,5)6/h1-20H;1-8H3/q-1;+1. The zero-order chi connectivity index (χ0) is 26.5. The summed E-state index contributed by atoms with van der Waals surface area (Å²) in [6, 6.07) is 43.5. The van der Waals surface area contributed by atoms with Crippen LogP contribution in [-0.4, -0.2) is 29.8 Å². The van der Waals surface area contributed by atoms with Crippen LogP contribution in [0.1, 0.15) is 41.5 Å². The fraction of sp³-hybridized carbons (Fsp3) is 0.294. The Kier molecular flexibility index (Phi) is 8.69. The lowest BCUT2D eigenvalue weighted by Crippen LogP contribution is -2.74. The Balaban J connectivity index is 0.000000280. The number of hydrogen-bond donors (Lipinski definition) is 0. The molecular formula is C34H44BP. The Hall–Kier alpha value is -2.63. The Morgan fingerprint density at radius 3 is 0.722 bits per heavy atom. The van der Waals surface area contributed by atoms with Crippen molar-refractivity contribution < 1.29 is 0 Å². The summed E-state index contributed by atoms with van der Waals surface area (Å²) in [6.45, 7) is 19.1. The van der Waals surface area contributed by atoms with Gasteiger partial charge in [0.15, 0.2) is 0 Å². The molecule has 0 radical (unpaired) electrons. The van der Waals surface area contributed by atoms with Gasteiger partial charge >= 0.3 is 0 Å². The molecule has 0 unspecified atom stereocenters. The van der Waals surface area contributed by atoms with Crippen molar-refractivity contribution in [2.24, 2.45) is 0 Å². The normalized spacial score (nSPS) is 12.4. The summed E-state index contributed by atoms with van der Waals surface area (Å²) in [5.74, 6) is 0. The first-order valence-electron chi connectivity index (χ1n) is 13.1. The van der Waals surface area contributed by atoms with Gasteiger partial charge in [-0.2, -0.15) is 21.9 Å². The van der Waals surface area contributed by atoms with Gasteiger partial charge in [0.05, 0.1) is 10.3 Å². The van der Waals surface area contributed by atoms with E-state index >= 15 is 0 Å². The first kappa shape index (κ1) is 28.0. The molecule has 188 valence electrons. The monoisotopic (exact) mass is 494 g/mol. The zero-order valence-electron chi connectivity index (χ0n) is 23.6. The highest BCUT2D eigenvalue weighted by molar-refractivity contribution is 7.77. The predicted molar refractivity (Wildman–Crippen MR) is 168 cm³/mol. The van der Waals surface area contributed by atoms with Crippen LogP contribution in [0, 0.1) is 0 Å². The van der Waals surface area contributed by atoms with Crippen molar-refractivity contribution in [2.45, 2.75) is 51.9 Å². The third kappa shape index (κ3) is 5.68. The minimum absolute atomic E-state index is 0.491. The average molecular weight is 495 g/mol. The molecule has 0 saturated heterocycles. The number of rotatable bonds is 4. The van der Waals surface area contributed by atoms with E-state index in [1.165, 1.54) is 21.9 Å². The molecule has 0 nitrogen and oxygen atoms in total. The molecule has 0 N–H and O–H groups in total. The molecule has 0 aliphatic heterocycles. The lowest BCUT2D eigenvalue weighted by molar-refractivity contribution is 0.695. The maximum Gasteiger partial charge on any atom is 0.108 e. The molecule has 0 atom stereocenters. The van der Waals surface area contributed by atoms with Gasteiger partial charge in [-0.15, -0.1) is 0 Å². The summed E-state index contributed by atoms with van der Waals surface area (Å²) in [5.41, 5.74) is 5.36. The summed E-state index contributed by atoms with van der Waals surface area (Å²) >= 11 is 0. The molecule has 0 amide bonds. The molecule has 0 aliphatic rings. The molecule has 0 bridgehead atoms. The first-order chi connectivity index (χ1) is 16.9. The second kappa shape index (κ2) is 11.2. The molecule has 0 saturated carbocycles. The molecule has 4 aromatic carbocycles. The van der Waals surface area contributed by atoms with Crippen LogP contribution in [0.5, 0.6) is 0 Å². The molecule has 0 heterocycles. The average Bonchev–Trinajstić information content (AvgIpc) is 2.86. The van der Waals surface area contributed by atoms with Crippen molar-refractivity contribution in [3.8, 4) is 0 Å². The molecule has 0 fully saturated rings. The van der Waals surface area contributed by atoms with Gasteiger partial charge in [0.2, 0.25) is 0 Å². The Bertz CT molecular complexity index is 1010. The third-order valence-electron chi connectivity index (χ3n) is 8.55. The zero-order valence-corrected chi connectivity index (χ0v) is 24.5. The van der Waals surface area contributed by atoms with Gasteiger partial charge in [0.1, 0.15) is 6.15 Å². The Morgan fingerprint density at radius 2 is 0.583 bits per heavy atom. The van der Waals surface area contributed by atoms with E-state index in [-0.39, 0.29) is 0 Å². The van der Waals surface area contributed by atoms with Gasteiger partial charge in [-0.3, -0.25) is 0 Å². The topological polar surface area (TPSA) is 0 Å². The SMILES string of the molecule is CC(C)(C)[P+](C)(C)C(C)(C)C.c1ccc([B-](c2ccccc2)(c2ccccc2)c2ccccc2)cc1. The number of hydrogen-bond acceptors (Lipinski definition) is 0. The van der Waals surface area contributed by atoms with E-state index in [0.29, 0.717) is 10.3 Å². The third-order valence-corrected chi connectivity index (χ3v) is 15.3. The van der Waals surface area contributed by atoms with Crippen LogP contribution in [0.2, 0.25) is 0 Å². The maximum absolute atomic E-state index is 2.47. The van der Waals surface area contributed by atoms with Gasteiger partial charge < -0.3 is 0 Å². The van der Waals surface area contributed by atoms with Crippen molar-refractivity contribution in [1.82, 2.24) is 0 Å². The van der Waals surface area contributed by atoms with E-state index in [4.69, 9.17) is 0 Å². The highest BCUT2D eigenvalue weighted by Gasteiger charge is 2.49. The quantitative estimate of drug-likeness (QED) is 0.213. The van der Waals surface area contributed by atoms with E-state index in [0.717, 1.165) is 0 Å². The van der Waals surface area contributed by atoms with Crippen LogP contribution < -0.4 is 21.9 Å². The van der Waals surface area contributed by atoms with Gasteiger partial charge in [0, 0.05) is 20.6 Å². The minimum atomic E-state index is -1.22. The smallest absolute Gasteiger partial charge is 0.108 e. The van der Waals surface area contributed by atoms with Crippen molar-refractivity contribution in [3.05, 3.63) is 121 Å². The summed E-state index contributed by atoms with van der Waals surface area (Å²) < 4.78 is 0. The van der Waals surface area contributed by atoms with Crippen molar-refractivity contribution in [1.29, 1.82) is 0 Å². The maximum atomic E-state index is 2.47. The second-order valence-electron chi connectivity index (χ2n) is 12.3. The molecule has 0 aliphatic carbocycles. The van der Waals surface area contributed by atoms with E-state index in [1.807, 2.05) is 0 Å². The largest absolute Gasteiger partial charge is 0.195 e. The van der Waals surface area contributed by atoms with Gasteiger partial charge in [-0.25, -0.2) is 0 Å². The molecule has 36 heavy (non-hydrogen) atoms. The van der Waals surface area contributed by atoms with Crippen LogP contribution in [0.4, 0.5) is 0 Å². The molecular weight excluding hydrogens is 450 g/mol. The van der Waals surface area contributed by atoms with Crippen molar-refractivity contribution in [3.63, 3.8) is 0 Å². The van der Waals surface area contributed by atoms with E-state index in [9.17, 15) is 0 Å². The fourth-order valence-corrected chi connectivity index (χ4v) is 7.14. The van der Waals surface area contributed by atoms with Crippen LogP contribution in [0.15, 0.2) is 121 Å². The molecule has 0 spiro atoms. The van der Waals surface area contributed by atoms with Gasteiger partial charge in [0.25, 0.3) is 0 Å². The van der Waals surface area contributed by atoms with Crippen LogP contribution in [-0.2, 0) is 0 Å². The van der Waals surface area contributed by atoms with E-state index in [1.54, 1.807) is 0 Å². The summed E-state index contributed by atoms with van der Waals surface area (Å²) in [4.78, 5) is 0. The predicted octanol–water partition coefficient (Wildman–Crippen LogP) is 6.92. The van der Waals surface area contributed by atoms with Gasteiger partial charge in [-0.05, 0) is 41.5 Å². The van der Waals surface area contributed by atoms with E-state index in [2.05, 4.69) is 176 Å². The molecule has 4 rings (SSSR count).